The third-order valence-electron chi connectivity index (χ3n) is 3.11. The van der Waals surface area contributed by atoms with E-state index in [-0.39, 0.29) is 32.0 Å². The quantitative estimate of drug-likeness (QED) is 0.475. The van der Waals surface area contributed by atoms with Crippen LogP contribution in [-0.2, 0) is 9.53 Å². The number of ketones is 1. The Morgan fingerprint density at radius 3 is 2.48 bits per heavy atom. The Labute approximate surface area is 136 Å². The fraction of sp³-hybridized carbons (Fsp3) is 0.529. The monoisotopic (exact) mass is 323 g/mol. The van der Waals surface area contributed by atoms with E-state index in [2.05, 4.69) is 5.32 Å². The Kier molecular flexibility index (Phi) is 8.94. The number of aliphatic hydroxyl groups is 1. The topological polar surface area (TPSA) is 84.9 Å². The molecule has 2 N–H and O–H groups in total. The summed E-state index contributed by atoms with van der Waals surface area (Å²) < 4.78 is 10.4. The minimum atomic E-state index is -0.719. The molecule has 1 aromatic carbocycles. The number of ether oxygens (including phenoxy) is 2. The zero-order chi connectivity index (χ0) is 17.1. The Bertz CT molecular complexity index is 486. The van der Waals surface area contributed by atoms with Crippen molar-refractivity contribution in [3.05, 3.63) is 29.8 Å². The van der Waals surface area contributed by atoms with Gasteiger partial charge in [-0.3, -0.25) is 9.59 Å². The van der Waals surface area contributed by atoms with Crippen LogP contribution >= 0.6 is 0 Å². The largest absolute Gasteiger partial charge is 0.494 e. The van der Waals surface area contributed by atoms with Crippen molar-refractivity contribution in [1.29, 1.82) is 0 Å². The number of nitrogens with one attached hydrogen (secondary N) is 1. The molecule has 0 radical (unpaired) electrons. The maximum absolute atomic E-state index is 12.5. The van der Waals surface area contributed by atoms with Crippen LogP contribution in [0.1, 0.15) is 37.0 Å². The minimum absolute atomic E-state index is 0.0687. The average molecular weight is 323 g/mol. The first-order chi connectivity index (χ1) is 11.1. The van der Waals surface area contributed by atoms with E-state index >= 15 is 0 Å². The standard InChI is InChI=1S/C17H25NO5/c1-3-11-23-14-7-5-13(6-8-14)17(21)15(18-9-10-19)12-16(20)22-4-2/h5-8,15,18-19H,3-4,9-12H2,1-2H3. The number of hydrogen-bond acceptors (Lipinski definition) is 6. The molecule has 1 atom stereocenters. The van der Waals surface area contributed by atoms with Gasteiger partial charge in [0.25, 0.3) is 0 Å². The summed E-state index contributed by atoms with van der Waals surface area (Å²) in [6.07, 6.45) is 0.841. The summed E-state index contributed by atoms with van der Waals surface area (Å²) in [4.78, 5) is 24.2. The Morgan fingerprint density at radius 2 is 1.91 bits per heavy atom. The fourth-order valence-electron chi connectivity index (χ4n) is 2.02. The third kappa shape index (κ3) is 6.80. The molecule has 0 saturated heterocycles. The average Bonchev–Trinajstić information content (AvgIpc) is 2.56. The van der Waals surface area contributed by atoms with Crippen LogP contribution in [0.15, 0.2) is 24.3 Å². The number of esters is 1. The second kappa shape index (κ2) is 10.7. The fourth-order valence-corrected chi connectivity index (χ4v) is 2.02. The maximum Gasteiger partial charge on any atom is 0.307 e. The first kappa shape index (κ1) is 19.1. The second-order valence-electron chi connectivity index (χ2n) is 4.98. The van der Waals surface area contributed by atoms with Crippen molar-refractivity contribution in [2.45, 2.75) is 32.7 Å². The SMILES string of the molecule is CCCOc1ccc(C(=O)C(CC(=O)OCC)NCCO)cc1. The summed E-state index contributed by atoms with van der Waals surface area (Å²) in [6, 6.07) is 6.09. The van der Waals surface area contributed by atoms with Gasteiger partial charge in [-0.05, 0) is 37.6 Å². The van der Waals surface area contributed by atoms with E-state index in [1.807, 2.05) is 6.92 Å². The first-order valence-corrected chi connectivity index (χ1v) is 7.89. The summed E-state index contributed by atoms with van der Waals surface area (Å²) in [6.45, 7) is 4.74. The van der Waals surface area contributed by atoms with Crippen molar-refractivity contribution in [3.63, 3.8) is 0 Å². The zero-order valence-electron chi connectivity index (χ0n) is 13.7. The second-order valence-corrected chi connectivity index (χ2v) is 4.98. The molecular formula is C17H25NO5. The number of Topliss-reactive ketones (excluding diaryl/α,β-unsaturated/α-hetero) is 1. The van der Waals surface area contributed by atoms with Gasteiger partial charge in [0.05, 0.1) is 32.3 Å². The Balaban J connectivity index is 2.75. The van der Waals surface area contributed by atoms with E-state index in [9.17, 15) is 9.59 Å². The van der Waals surface area contributed by atoms with E-state index in [1.54, 1.807) is 31.2 Å². The van der Waals surface area contributed by atoms with E-state index in [0.29, 0.717) is 17.9 Å². The van der Waals surface area contributed by atoms with Crippen LogP contribution in [-0.4, -0.2) is 49.3 Å². The lowest BCUT2D eigenvalue weighted by Gasteiger charge is -2.16. The highest BCUT2D eigenvalue weighted by molar-refractivity contribution is 6.01. The van der Waals surface area contributed by atoms with Gasteiger partial charge in [-0.2, -0.15) is 0 Å². The van der Waals surface area contributed by atoms with Crippen molar-refractivity contribution in [2.24, 2.45) is 0 Å². The van der Waals surface area contributed by atoms with Crippen LogP contribution in [0.4, 0.5) is 0 Å². The van der Waals surface area contributed by atoms with Crippen LogP contribution in [0.2, 0.25) is 0 Å². The van der Waals surface area contributed by atoms with E-state index < -0.39 is 12.0 Å². The summed E-state index contributed by atoms with van der Waals surface area (Å²) in [5.41, 5.74) is 0.480. The van der Waals surface area contributed by atoms with Gasteiger partial charge in [-0.15, -0.1) is 0 Å². The summed E-state index contributed by atoms with van der Waals surface area (Å²) >= 11 is 0. The van der Waals surface area contributed by atoms with Gasteiger partial charge >= 0.3 is 5.97 Å². The van der Waals surface area contributed by atoms with E-state index in [4.69, 9.17) is 14.6 Å². The lowest BCUT2D eigenvalue weighted by molar-refractivity contribution is -0.143. The molecule has 6 nitrogen and oxygen atoms in total. The molecule has 0 bridgehead atoms. The van der Waals surface area contributed by atoms with Gasteiger partial charge in [-0.1, -0.05) is 6.92 Å². The molecule has 0 spiro atoms. The van der Waals surface area contributed by atoms with Crippen molar-refractivity contribution in [1.82, 2.24) is 5.32 Å². The summed E-state index contributed by atoms with van der Waals surface area (Å²) in [5, 5.41) is 11.8. The van der Waals surface area contributed by atoms with Crippen LogP contribution in [0.5, 0.6) is 5.75 Å². The zero-order valence-corrected chi connectivity index (χ0v) is 13.7. The summed E-state index contributed by atoms with van der Waals surface area (Å²) in [5.74, 6) is 0.0430. The van der Waals surface area contributed by atoms with Gasteiger partial charge in [0, 0.05) is 12.1 Å². The number of rotatable bonds is 11. The molecule has 0 fully saturated rings. The third-order valence-corrected chi connectivity index (χ3v) is 3.11. The minimum Gasteiger partial charge on any atom is -0.494 e. The van der Waals surface area contributed by atoms with Crippen LogP contribution in [0.25, 0.3) is 0 Å². The highest BCUT2D eigenvalue weighted by Crippen LogP contribution is 2.15. The molecule has 23 heavy (non-hydrogen) atoms. The number of benzene rings is 1. The van der Waals surface area contributed by atoms with Gasteiger partial charge in [0.15, 0.2) is 5.78 Å². The highest BCUT2D eigenvalue weighted by Gasteiger charge is 2.23. The lowest BCUT2D eigenvalue weighted by Crippen LogP contribution is -2.40. The molecule has 128 valence electrons. The predicted molar refractivity (Wildman–Crippen MR) is 86.7 cm³/mol. The molecule has 0 aliphatic rings. The summed E-state index contributed by atoms with van der Waals surface area (Å²) in [7, 11) is 0. The molecular weight excluding hydrogens is 298 g/mol. The number of carbonyl (C=O) groups excluding carboxylic acids is 2. The molecule has 0 saturated carbocycles. The van der Waals surface area contributed by atoms with Gasteiger partial charge in [0.2, 0.25) is 0 Å². The smallest absolute Gasteiger partial charge is 0.307 e. The van der Waals surface area contributed by atoms with Crippen molar-refractivity contribution in [3.8, 4) is 5.75 Å². The molecule has 0 amide bonds. The molecule has 1 aromatic rings. The Morgan fingerprint density at radius 1 is 1.22 bits per heavy atom. The number of hydrogen-bond donors (Lipinski definition) is 2. The van der Waals surface area contributed by atoms with E-state index in [1.165, 1.54) is 0 Å². The molecule has 0 heterocycles. The molecule has 0 aromatic heterocycles. The predicted octanol–water partition coefficient (Wildman–Crippen LogP) is 1.56. The lowest BCUT2D eigenvalue weighted by atomic mass is 10.0. The highest BCUT2D eigenvalue weighted by atomic mass is 16.5. The van der Waals surface area contributed by atoms with E-state index in [0.717, 1.165) is 6.42 Å². The van der Waals surface area contributed by atoms with Crippen molar-refractivity contribution in [2.75, 3.05) is 26.4 Å². The molecule has 0 aliphatic heterocycles. The molecule has 0 aliphatic carbocycles. The number of carbonyl (C=O) groups is 2. The van der Waals surface area contributed by atoms with Gasteiger partial charge in [-0.25, -0.2) is 0 Å². The normalized spacial score (nSPS) is 11.8. The first-order valence-electron chi connectivity index (χ1n) is 7.89. The maximum atomic E-state index is 12.5. The molecule has 6 heteroatoms. The van der Waals surface area contributed by atoms with Crippen molar-refractivity contribution < 1.29 is 24.2 Å². The Hall–Kier alpha value is -1.92. The van der Waals surface area contributed by atoms with Gasteiger partial charge in [0.1, 0.15) is 5.75 Å². The van der Waals surface area contributed by atoms with Crippen LogP contribution in [0, 0.1) is 0 Å². The molecule has 1 unspecified atom stereocenters. The van der Waals surface area contributed by atoms with Crippen molar-refractivity contribution >= 4 is 11.8 Å². The number of aliphatic hydroxyl groups excluding tert-OH is 1. The van der Waals surface area contributed by atoms with Crippen LogP contribution < -0.4 is 10.1 Å². The molecule has 1 rings (SSSR count). The van der Waals surface area contributed by atoms with Crippen LogP contribution in [0.3, 0.4) is 0 Å². The van der Waals surface area contributed by atoms with Gasteiger partial charge < -0.3 is 19.9 Å².